The van der Waals surface area contributed by atoms with Crippen molar-refractivity contribution in [2.45, 2.75) is 5.41 Å². The average Bonchev–Trinajstić information content (AvgIpc) is 2.85. The molecular weight excluding hydrogens is 308 g/mol. The van der Waals surface area contributed by atoms with Crippen molar-refractivity contribution in [3.05, 3.63) is 107 Å². The molecule has 0 heterocycles. The minimum absolute atomic E-state index is 0.963. The number of hydrogen-bond acceptors (Lipinski definition) is 1. The normalized spacial score (nSPS) is 18.8. The van der Waals surface area contributed by atoms with Crippen LogP contribution in [0.4, 0.5) is 8.78 Å². The van der Waals surface area contributed by atoms with E-state index in [2.05, 4.69) is 0 Å². The van der Waals surface area contributed by atoms with Gasteiger partial charge in [-0.2, -0.15) is 0 Å². The van der Waals surface area contributed by atoms with Crippen molar-refractivity contribution in [3.8, 4) is 0 Å². The summed E-state index contributed by atoms with van der Waals surface area (Å²) in [6.45, 7) is 0. The van der Waals surface area contributed by atoms with Crippen LogP contribution in [0, 0.1) is 11.6 Å². The van der Waals surface area contributed by atoms with Gasteiger partial charge in [0.1, 0.15) is 17.0 Å². The second kappa shape index (κ2) is 6.24. The van der Waals surface area contributed by atoms with Crippen LogP contribution in [-0.4, -0.2) is 5.91 Å². The van der Waals surface area contributed by atoms with Gasteiger partial charge in [0.15, 0.2) is 0 Å². The van der Waals surface area contributed by atoms with E-state index in [1.807, 2.05) is 0 Å². The summed E-state index contributed by atoms with van der Waals surface area (Å²) in [6, 6.07) is -16.3. The zero-order valence-electron chi connectivity index (χ0n) is 24.7. The second-order valence-corrected chi connectivity index (χ2v) is 4.49. The molecule has 2 N–H and O–H groups in total. The van der Waals surface area contributed by atoms with Gasteiger partial charge in [0.2, 0.25) is 5.91 Å². The molecule has 0 fully saturated rings. The number of hydrogen-bond donors (Lipinski definition) is 1. The minimum atomic E-state index is -3.38. The molecule has 0 saturated heterocycles. The van der Waals surface area contributed by atoms with Gasteiger partial charge in [0, 0.05) is 0 Å². The van der Waals surface area contributed by atoms with Gasteiger partial charge in [-0.05, 0) is 40.9 Å². The minimum Gasteiger partial charge on any atom is -0.368 e. The van der Waals surface area contributed by atoms with Crippen molar-refractivity contribution in [2.75, 3.05) is 0 Å². The summed E-state index contributed by atoms with van der Waals surface area (Å²) in [5.74, 6) is -5.19. The number of nitrogens with two attached hydrogens (primary N) is 1. The molecular formula is C20H15F2NO. The van der Waals surface area contributed by atoms with Gasteiger partial charge in [-0.1, -0.05) is 54.4 Å². The van der Waals surface area contributed by atoms with Crippen LogP contribution >= 0.6 is 0 Å². The lowest BCUT2D eigenvalue weighted by Gasteiger charge is -2.32. The summed E-state index contributed by atoms with van der Waals surface area (Å²) in [5.41, 5.74) is -1.33. The van der Waals surface area contributed by atoms with E-state index in [4.69, 9.17) is 23.6 Å². The largest absolute Gasteiger partial charge is 0.368 e. The highest BCUT2D eigenvalue weighted by Crippen LogP contribution is 2.39. The Hall–Kier alpha value is -3.01. The number of carbonyl (C=O) groups excluding carboxylic acids is 1. The molecule has 0 radical (unpaired) electrons. The molecule has 0 saturated carbocycles. The van der Waals surface area contributed by atoms with E-state index in [9.17, 15) is 13.6 Å². The van der Waals surface area contributed by atoms with Crippen molar-refractivity contribution in [1.29, 1.82) is 0 Å². The molecule has 1 amide bonds. The molecule has 3 aromatic carbocycles. The number of amides is 1. The fourth-order valence-corrected chi connectivity index (χ4v) is 2.15. The van der Waals surface area contributed by atoms with Crippen LogP contribution in [0.2, 0.25) is 0 Å². The Morgan fingerprint density at radius 2 is 1.12 bits per heavy atom. The number of carbonyl (C=O) groups is 1. The Bertz CT molecular complexity index is 1270. The average molecular weight is 336 g/mol. The first-order valence-electron chi connectivity index (χ1n) is 12.9. The Balaban J connectivity index is 2.91. The maximum Gasteiger partial charge on any atom is 0.237 e. The number of benzene rings is 3. The smallest absolute Gasteiger partial charge is 0.237 e. The molecule has 0 aliphatic heterocycles. The van der Waals surface area contributed by atoms with Crippen molar-refractivity contribution in [1.82, 2.24) is 0 Å². The number of primary amides is 1. The Labute approximate surface area is 156 Å². The topological polar surface area (TPSA) is 43.1 Å². The van der Waals surface area contributed by atoms with Crippen molar-refractivity contribution in [2.24, 2.45) is 5.73 Å². The second-order valence-electron chi connectivity index (χ2n) is 4.49. The van der Waals surface area contributed by atoms with Gasteiger partial charge in [-0.15, -0.1) is 0 Å². The Kier molecular flexibility index (Phi) is 1.68. The number of halogens is 2. The van der Waals surface area contributed by atoms with E-state index in [-0.39, 0.29) is 0 Å². The third kappa shape index (κ3) is 2.56. The van der Waals surface area contributed by atoms with Gasteiger partial charge in [0.25, 0.3) is 0 Å². The predicted octanol–water partition coefficient (Wildman–Crippen LogP) is 3.78. The third-order valence-electron chi connectivity index (χ3n) is 3.18. The number of rotatable bonds is 4. The molecule has 3 rings (SSSR count). The molecule has 120 valence electrons. The molecule has 0 aromatic heterocycles. The van der Waals surface area contributed by atoms with E-state index >= 15 is 0 Å². The van der Waals surface area contributed by atoms with Crippen molar-refractivity contribution in [3.63, 3.8) is 0 Å². The Morgan fingerprint density at radius 1 is 0.750 bits per heavy atom. The first-order chi connectivity index (χ1) is 17.0. The van der Waals surface area contributed by atoms with Crippen LogP contribution in [0.5, 0.6) is 0 Å². The van der Waals surface area contributed by atoms with Crippen molar-refractivity contribution < 1.29 is 31.4 Å². The van der Waals surface area contributed by atoms with Crippen LogP contribution in [0.1, 0.15) is 34.5 Å². The van der Waals surface area contributed by atoms with Gasteiger partial charge in [-0.3, -0.25) is 4.79 Å². The lowest BCUT2D eigenvalue weighted by molar-refractivity contribution is -0.120. The van der Waals surface area contributed by atoms with Crippen LogP contribution in [0.3, 0.4) is 0 Å². The van der Waals surface area contributed by atoms with Gasteiger partial charge >= 0.3 is 0 Å². The molecule has 0 unspecified atom stereocenters. The Morgan fingerprint density at radius 3 is 1.50 bits per heavy atom. The molecule has 24 heavy (non-hydrogen) atoms. The quantitative estimate of drug-likeness (QED) is 0.724. The highest BCUT2D eigenvalue weighted by Gasteiger charge is 2.42. The zero-order chi connectivity index (χ0) is 28.5. The first kappa shape index (κ1) is 6.48. The zero-order valence-corrected chi connectivity index (χ0v) is 11.7. The first-order valence-corrected chi connectivity index (χ1v) is 6.37. The molecule has 4 heteroatoms. The van der Waals surface area contributed by atoms with E-state index in [1.165, 1.54) is 0 Å². The molecule has 0 aliphatic rings. The molecule has 3 aromatic rings. The fraction of sp³-hybridized carbons (Fsp3) is 0.0500. The summed E-state index contributed by atoms with van der Waals surface area (Å²) < 4.78 is 134. The summed E-state index contributed by atoms with van der Waals surface area (Å²) in [6.07, 6.45) is 0. The predicted molar refractivity (Wildman–Crippen MR) is 88.3 cm³/mol. The lowest BCUT2D eigenvalue weighted by atomic mass is 9.69. The van der Waals surface area contributed by atoms with E-state index in [0.29, 0.717) is 0 Å². The SMILES string of the molecule is [2H]c1c([2H])c([2H])c(C(C(N)=O)(c2c([2H])c([2H])c(F)c([2H])c2[2H])c2c([2H])c([2H])c(F)c([2H])c2[2H])c([2H])c1[2H]. The summed E-state index contributed by atoms with van der Waals surface area (Å²) in [5, 5.41) is 0. The summed E-state index contributed by atoms with van der Waals surface area (Å²) >= 11 is 0. The van der Waals surface area contributed by atoms with Crippen molar-refractivity contribution >= 4 is 5.91 Å². The maximum absolute atomic E-state index is 14.4. The standard InChI is InChI=1S/C20H15F2NO/c21-17-10-6-15(7-11-17)20(19(23)24,14-4-2-1-3-5-14)16-8-12-18(22)13-9-16/h1-13H,(H2,23,24)/i1D,2D,3D,4D,5D,6D,7D,8D,9D,10D,11D,12D,13D. The summed E-state index contributed by atoms with van der Waals surface area (Å²) in [7, 11) is 0. The van der Waals surface area contributed by atoms with Crippen LogP contribution in [0.15, 0.2) is 78.6 Å². The van der Waals surface area contributed by atoms with Crippen LogP contribution in [0.25, 0.3) is 0 Å². The van der Waals surface area contributed by atoms with Gasteiger partial charge < -0.3 is 5.73 Å². The third-order valence-corrected chi connectivity index (χ3v) is 3.18. The molecule has 0 bridgehead atoms. The molecule has 0 aliphatic carbocycles. The molecule has 0 atom stereocenters. The van der Waals surface area contributed by atoms with Gasteiger partial charge in [-0.25, -0.2) is 8.78 Å². The maximum atomic E-state index is 14.4. The van der Waals surface area contributed by atoms with Crippen LogP contribution < -0.4 is 5.73 Å². The molecule has 0 spiro atoms. The van der Waals surface area contributed by atoms with Crippen LogP contribution in [-0.2, 0) is 10.2 Å². The summed E-state index contributed by atoms with van der Waals surface area (Å²) in [4.78, 5) is 13.4. The van der Waals surface area contributed by atoms with E-state index in [1.54, 1.807) is 0 Å². The van der Waals surface area contributed by atoms with Gasteiger partial charge in [0.05, 0.1) is 17.8 Å². The highest BCUT2D eigenvalue weighted by molar-refractivity contribution is 5.95. The molecule has 2 nitrogen and oxygen atoms in total. The fourth-order valence-electron chi connectivity index (χ4n) is 2.15. The van der Waals surface area contributed by atoms with E-state index < -0.39 is 118 Å². The lowest BCUT2D eigenvalue weighted by Crippen LogP contribution is -2.43. The van der Waals surface area contributed by atoms with E-state index in [0.717, 1.165) is 0 Å². The highest BCUT2D eigenvalue weighted by atomic mass is 19.1. The monoisotopic (exact) mass is 336 g/mol.